The third-order valence-electron chi connectivity index (χ3n) is 6.58. The number of hydrogen-bond acceptors (Lipinski definition) is 7. The van der Waals surface area contributed by atoms with Crippen LogP contribution in [0.15, 0.2) is 91.0 Å². The first-order valence-corrected chi connectivity index (χ1v) is 11.8. The Morgan fingerprint density at radius 2 is 1.54 bits per heavy atom. The number of anilines is 1. The van der Waals surface area contributed by atoms with Crippen LogP contribution in [0, 0.1) is 0 Å². The van der Waals surface area contributed by atoms with Gasteiger partial charge in [-0.15, -0.1) is 5.10 Å². The first-order valence-electron chi connectivity index (χ1n) is 11.8. The fourth-order valence-corrected chi connectivity index (χ4v) is 4.75. The van der Waals surface area contributed by atoms with Crippen molar-refractivity contribution in [2.45, 2.75) is 12.3 Å². The van der Waals surface area contributed by atoms with Crippen molar-refractivity contribution < 1.29 is 19.2 Å². The molecule has 1 heterocycles. The summed E-state index contributed by atoms with van der Waals surface area (Å²) in [6.45, 7) is 0.216. The van der Waals surface area contributed by atoms with Crippen LogP contribution in [0.3, 0.4) is 0 Å². The highest BCUT2D eigenvalue weighted by atomic mass is 16.7. The SMILES string of the molecule is Nc1ccc(C(=O)On2nnc3ccccc32)cc1CC(=O)OCC1c2ccccc2-c2ccccc21. The number of esters is 1. The molecule has 0 bridgehead atoms. The first kappa shape index (κ1) is 22.5. The molecule has 0 fully saturated rings. The maximum Gasteiger partial charge on any atom is 0.365 e. The lowest BCUT2D eigenvalue weighted by molar-refractivity contribution is -0.143. The summed E-state index contributed by atoms with van der Waals surface area (Å²) in [7, 11) is 0. The molecule has 37 heavy (non-hydrogen) atoms. The summed E-state index contributed by atoms with van der Waals surface area (Å²) in [6, 6.07) is 28.1. The van der Waals surface area contributed by atoms with E-state index in [-0.39, 0.29) is 24.5 Å². The minimum atomic E-state index is -0.649. The van der Waals surface area contributed by atoms with E-state index in [2.05, 4.69) is 34.6 Å². The Hall–Kier alpha value is -4.98. The van der Waals surface area contributed by atoms with Gasteiger partial charge in [-0.25, -0.2) is 4.79 Å². The molecule has 0 spiro atoms. The number of carbonyl (C=O) groups is 2. The molecule has 0 atom stereocenters. The van der Waals surface area contributed by atoms with E-state index in [1.165, 1.54) is 12.1 Å². The van der Waals surface area contributed by atoms with Crippen LogP contribution in [0.25, 0.3) is 22.2 Å². The van der Waals surface area contributed by atoms with Crippen LogP contribution >= 0.6 is 0 Å². The lowest BCUT2D eigenvalue weighted by Gasteiger charge is -2.15. The highest BCUT2D eigenvalue weighted by Gasteiger charge is 2.29. The van der Waals surface area contributed by atoms with Gasteiger partial charge in [-0.05, 0) is 63.4 Å². The normalized spacial score (nSPS) is 12.2. The molecule has 5 aromatic rings. The molecule has 6 rings (SSSR count). The van der Waals surface area contributed by atoms with Gasteiger partial charge in [0, 0.05) is 11.6 Å². The maximum absolute atomic E-state index is 12.8. The van der Waals surface area contributed by atoms with Crippen molar-refractivity contribution in [1.82, 2.24) is 15.2 Å². The lowest BCUT2D eigenvalue weighted by atomic mass is 9.98. The molecule has 2 N–H and O–H groups in total. The number of fused-ring (bicyclic) bond motifs is 4. The summed E-state index contributed by atoms with van der Waals surface area (Å²) in [5.74, 6) is -1.11. The van der Waals surface area contributed by atoms with Crippen LogP contribution in [0.2, 0.25) is 0 Å². The van der Waals surface area contributed by atoms with Crippen molar-refractivity contribution in [2.75, 3.05) is 12.3 Å². The van der Waals surface area contributed by atoms with Gasteiger partial charge in [-0.2, -0.15) is 0 Å². The third kappa shape index (κ3) is 4.18. The van der Waals surface area contributed by atoms with Crippen molar-refractivity contribution in [3.8, 4) is 11.1 Å². The van der Waals surface area contributed by atoms with Crippen molar-refractivity contribution in [2.24, 2.45) is 0 Å². The van der Waals surface area contributed by atoms with Crippen LogP contribution in [-0.4, -0.2) is 33.7 Å². The van der Waals surface area contributed by atoms with Gasteiger partial charge in [0.1, 0.15) is 17.6 Å². The van der Waals surface area contributed by atoms with Gasteiger partial charge in [-0.1, -0.05) is 65.5 Å². The number of nitrogens with two attached hydrogens (primary N) is 1. The van der Waals surface area contributed by atoms with Crippen molar-refractivity contribution in [3.63, 3.8) is 0 Å². The first-order chi connectivity index (χ1) is 18.1. The second-order valence-electron chi connectivity index (χ2n) is 8.83. The average Bonchev–Trinajstić information content (AvgIpc) is 3.47. The molecule has 0 saturated carbocycles. The number of carbonyl (C=O) groups excluding carboxylic acids is 2. The van der Waals surface area contributed by atoms with E-state index in [1.54, 1.807) is 24.3 Å². The molecule has 1 aliphatic rings. The van der Waals surface area contributed by atoms with E-state index in [0.717, 1.165) is 27.1 Å². The number of hydrogen-bond donors (Lipinski definition) is 1. The smallest absolute Gasteiger partial charge is 0.365 e. The monoisotopic (exact) mass is 490 g/mol. The number of aromatic nitrogens is 3. The largest absolute Gasteiger partial charge is 0.464 e. The summed E-state index contributed by atoms with van der Waals surface area (Å²) < 4.78 is 5.70. The Labute approximate surface area is 212 Å². The third-order valence-corrected chi connectivity index (χ3v) is 6.58. The number of rotatable bonds is 6. The van der Waals surface area contributed by atoms with E-state index in [4.69, 9.17) is 15.3 Å². The Morgan fingerprint density at radius 3 is 2.30 bits per heavy atom. The zero-order valence-corrected chi connectivity index (χ0v) is 19.7. The Bertz CT molecular complexity index is 1610. The van der Waals surface area contributed by atoms with E-state index in [1.807, 2.05) is 30.3 Å². The molecule has 1 aromatic heterocycles. The fraction of sp³-hybridized carbons (Fsp3) is 0.103. The highest BCUT2D eigenvalue weighted by Crippen LogP contribution is 2.44. The second-order valence-corrected chi connectivity index (χ2v) is 8.83. The van der Waals surface area contributed by atoms with Crippen molar-refractivity contribution >= 4 is 28.7 Å². The predicted octanol–water partition coefficient (Wildman–Crippen LogP) is 4.18. The van der Waals surface area contributed by atoms with Gasteiger partial charge >= 0.3 is 11.9 Å². The summed E-state index contributed by atoms with van der Waals surface area (Å²) in [4.78, 5) is 32.0. The van der Waals surface area contributed by atoms with Crippen LogP contribution in [0.5, 0.6) is 0 Å². The highest BCUT2D eigenvalue weighted by molar-refractivity contribution is 5.91. The Kier molecular flexibility index (Phi) is 5.61. The Morgan fingerprint density at radius 1 is 0.865 bits per heavy atom. The van der Waals surface area contributed by atoms with Gasteiger partial charge in [0.15, 0.2) is 0 Å². The molecular formula is C29H22N4O4. The molecule has 182 valence electrons. The van der Waals surface area contributed by atoms with Gasteiger partial charge in [0.05, 0.1) is 12.0 Å². The summed E-state index contributed by atoms with van der Waals surface area (Å²) >= 11 is 0. The van der Waals surface area contributed by atoms with Crippen molar-refractivity contribution in [3.05, 3.63) is 113 Å². The van der Waals surface area contributed by atoms with Crippen LogP contribution < -0.4 is 10.6 Å². The van der Waals surface area contributed by atoms with Gasteiger partial charge in [-0.3, -0.25) is 4.79 Å². The molecule has 4 aromatic carbocycles. The number of benzene rings is 4. The van der Waals surface area contributed by atoms with Crippen LogP contribution in [0.1, 0.15) is 33.0 Å². The van der Waals surface area contributed by atoms with E-state index in [9.17, 15) is 9.59 Å². The average molecular weight is 491 g/mol. The van der Waals surface area contributed by atoms with Crippen molar-refractivity contribution in [1.29, 1.82) is 0 Å². The molecule has 1 aliphatic carbocycles. The molecule has 0 amide bonds. The molecule has 0 aliphatic heterocycles. The van der Waals surface area contributed by atoms with Crippen LogP contribution in [-0.2, 0) is 16.0 Å². The maximum atomic E-state index is 12.8. The standard InChI is InChI=1S/C29H22N4O4/c30-25-14-13-18(29(35)37-33-27-12-6-5-11-26(27)31-32-33)15-19(25)16-28(34)36-17-24-22-9-3-1-7-20(22)21-8-2-4-10-23(21)24/h1-15,24H,16-17,30H2. The second kappa shape index (κ2) is 9.23. The summed E-state index contributed by atoms with van der Waals surface area (Å²) in [5, 5.41) is 7.84. The molecular weight excluding hydrogens is 468 g/mol. The zero-order valence-electron chi connectivity index (χ0n) is 19.7. The molecule has 0 unspecified atom stereocenters. The molecule has 8 heteroatoms. The van der Waals surface area contributed by atoms with Gasteiger partial charge in [0.2, 0.25) is 0 Å². The van der Waals surface area contributed by atoms with E-state index < -0.39 is 11.9 Å². The predicted molar refractivity (Wildman–Crippen MR) is 138 cm³/mol. The lowest BCUT2D eigenvalue weighted by Crippen LogP contribution is -2.21. The van der Waals surface area contributed by atoms with Gasteiger partial charge in [0.25, 0.3) is 0 Å². The molecule has 8 nitrogen and oxygen atoms in total. The summed E-state index contributed by atoms with van der Waals surface area (Å²) in [6.07, 6.45) is -0.0742. The van der Waals surface area contributed by atoms with Gasteiger partial charge < -0.3 is 15.3 Å². The molecule has 0 saturated heterocycles. The molecule has 0 radical (unpaired) electrons. The minimum absolute atomic E-state index is 0.0347. The van der Waals surface area contributed by atoms with E-state index >= 15 is 0 Å². The zero-order chi connectivity index (χ0) is 25.4. The number of para-hydroxylation sites is 1. The quantitative estimate of drug-likeness (QED) is 0.216. The number of ether oxygens (including phenoxy) is 1. The fourth-order valence-electron chi connectivity index (χ4n) is 4.75. The minimum Gasteiger partial charge on any atom is -0.464 e. The van der Waals surface area contributed by atoms with E-state index in [0.29, 0.717) is 22.3 Å². The topological polar surface area (TPSA) is 109 Å². The summed E-state index contributed by atoms with van der Waals surface area (Å²) in [5.41, 5.74) is 13.0. The van der Waals surface area contributed by atoms with Crippen LogP contribution in [0.4, 0.5) is 5.69 Å². The number of nitrogen functional groups attached to an aromatic ring is 1. The number of nitrogens with zero attached hydrogens (tertiary/aromatic N) is 3. The Balaban J connectivity index is 1.15.